The molecule has 1 aromatic rings. The van der Waals surface area contributed by atoms with Gasteiger partial charge in [0.25, 0.3) is 0 Å². The number of hydrogen-bond acceptors (Lipinski definition) is 5. The second-order valence-corrected chi connectivity index (χ2v) is 3.75. The van der Waals surface area contributed by atoms with E-state index in [1.807, 2.05) is 19.0 Å². The van der Waals surface area contributed by atoms with Gasteiger partial charge in [-0.25, -0.2) is 0 Å². The molecule has 5 heteroatoms. The summed E-state index contributed by atoms with van der Waals surface area (Å²) in [4.78, 5) is 1.92. The standard InChI is InChI=1S/C10H15N3O2/c1-13(2)8-5-14-9-6(11)3-4-7(12)10(9)15-8/h3-4,8H,5,11-12H2,1-2H3. The van der Waals surface area contributed by atoms with Crippen LogP contribution in [0.15, 0.2) is 12.1 Å². The van der Waals surface area contributed by atoms with Crippen molar-refractivity contribution < 1.29 is 9.47 Å². The van der Waals surface area contributed by atoms with Gasteiger partial charge in [-0.2, -0.15) is 0 Å². The van der Waals surface area contributed by atoms with Crippen molar-refractivity contribution in [3.05, 3.63) is 12.1 Å². The molecule has 0 saturated heterocycles. The van der Waals surface area contributed by atoms with Gasteiger partial charge in [0, 0.05) is 0 Å². The van der Waals surface area contributed by atoms with Crippen molar-refractivity contribution in [3.63, 3.8) is 0 Å². The lowest BCUT2D eigenvalue weighted by atomic mass is 10.2. The first kappa shape index (κ1) is 9.92. The molecular weight excluding hydrogens is 194 g/mol. The van der Waals surface area contributed by atoms with Crippen LogP contribution in [0.5, 0.6) is 11.5 Å². The van der Waals surface area contributed by atoms with Crippen molar-refractivity contribution in [2.45, 2.75) is 6.23 Å². The molecule has 4 N–H and O–H groups in total. The molecule has 15 heavy (non-hydrogen) atoms. The number of anilines is 2. The fraction of sp³-hybridized carbons (Fsp3) is 0.400. The monoisotopic (exact) mass is 209 g/mol. The van der Waals surface area contributed by atoms with Crippen LogP contribution in [0.1, 0.15) is 0 Å². The van der Waals surface area contributed by atoms with Gasteiger partial charge in [0.1, 0.15) is 6.61 Å². The molecule has 1 aliphatic heterocycles. The lowest BCUT2D eigenvalue weighted by molar-refractivity contribution is -0.000744. The zero-order valence-corrected chi connectivity index (χ0v) is 8.86. The van der Waals surface area contributed by atoms with Crippen LogP contribution < -0.4 is 20.9 Å². The largest absolute Gasteiger partial charge is 0.482 e. The smallest absolute Gasteiger partial charge is 0.188 e. The maximum Gasteiger partial charge on any atom is 0.188 e. The van der Waals surface area contributed by atoms with Crippen LogP contribution in [0, 0.1) is 0 Å². The molecule has 82 valence electrons. The third-order valence-electron chi connectivity index (χ3n) is 2.37. The van der Waals surface area contributed by atoms with Gasteiger partial charge in [0.05, 0.1) is 11.4 Å². The molecule has 0 radical (unpaired) electrons. The zero-order valence-electron chi connectivity index (χ0n) is 8.86. The number of benzene rings is 1. The van der Waals surface area contributed by atoms with E-state index in [1.165, 1.54) is 0 Å². The fourth-order valence-corrected chi connectivity index (χ4v) is 1.44. The Hall–Kier alpha value is -1.62. The molecule has 0 spiro atoms. The molecular formula is C10H15N3O2. The molecule has 0 bridgehead atoms. The SMILES string of the molecule is CN(C)C1COc2c(N)ccc(N)c2O1. The number of hydrogen-bond donors (Lipinski definition) is 2. The molecule has 1 aromatic carbocycles. The number of rotatable bonds is 1. The topological polar surface area (TPSA) is 73.7 Å². The molecule has 0 fully saturated rings. The molecule has 0 amide bonds. The van der Waals surface area contributed by atoms with Crippen LogP contribution in [0.3, 0.4) is 0 Å². The number of nitrogens with two attached hydrogens (primary N) is 2. The molecule has 1 unspecified atom stereocenters. The maximum atomic E-state index is 5.79. The van der Waals surface area contributed by atoms with E-state index in [2.05, 4.69) is 0 Å². The summed E-state index contributed by atoms with van der Waals surface area (Å²) in [5.41, 5.74) is 12.7. The first-order valence-electron chi connectivity index (χ1n) is 4.73. The van der Waals surface area contributed by atoms with Crippen LogP contribution in [0.25, 0.3) is 0 Å². The summed E-state index contributed by atoms with van der Waals surface area (Å²) in [5, 5.41) is 0. The highest BCUT2D eigenvalue weighted by atomic mass is 16.6. The van der Waals surface area contributed by atoms with E-state index < -0.39 is 0 Å². The lowest BCUT2D eigenvalue weighted by Crippen LogP contribution is -2.41. The zero-order chi connectivity index (χ0) is 11.0. The van der Waals surface area contributed by atoms with Gasteiger partial charge in [-0.3, -0.25) is 4.90 Å². The number of nitrogens with zero attached hydrogens (tertiary/aromatic N) is 1. The Morgan fingerprint density at radius 2 is 1.80 bits per heavy atom. The van der Waals surface area contributed by atoms with E-state index in [1.54, 1.807) is 12.1 Å². The molecule has 0 aromatic heterocycles. The van der Waals surface area contributed by atoms with Crippen molar-refractivity contribution in [3.8, 4) is 11.5 Å². The van der Waals surface area contributed by atoms with Crippen molar-refractivity contribution in [1.82, 2.24) is 4.90 Å². The Kier molecular flexibility index (Phi) is 2.32. The van der Waals surface area contributed by atoms with E-state index in [9.17, 15) is 0 Å². The van der Waals surface area contributed by atoms with E-state index in [-0.39, 0.29) is 6.23 Å². The molecule has 0 aliphatic carbocycles. The van der Waals surface area contributed by atoms with Crippen molar-refractivity contribution in [2.24, 2.45) is 0 Å². The van der Waals surface area contributed by atoms with Gasteiger partial charge in [-0.15, -0.1) is 0 Å². The molecule has 1 heterocycles. The predicted molar refractivity (Wildman–Crippen MR) is 58.9 cm³/mol. The van der Waals surface area contributed by atoms with E-state index in [0.29, 0.717) is 29.5 Å². The van der Waals surface area contributed by atoms with Gasteiger partial charge in [0.2, 0.25) is 0 Å². The maximum absolute atomic E-state index is 5.79. The fourth-order valence-electron chi connectivity index (χ4n) is 1.44. The van der Waals surface area contributed by atoms with Crippen molar-refractivity contribution in [2.75, 3.05) is 32.2 Å². The van der Waals surface area contributed by atoms with E-state index in [4.69, 9.17) is 20.9 Å². The summed E-state index contributed by atoms with van der Waals surface area (Å²) in [6.45, 7) is 0.452. The first-order valence-corrected chi connectivity index (χ1v) is 4.73. The molecule has 0 saturated carbocycles. The highest BCUT2D eigenvalue weighted by Gasteiger charge is 2.25. The Bertz CT molecular complexity index is 379. The molecule has 5 nitrogen and oxygen atoms in total. The van der Waals surface area contributed by atoms with Crippen molar-refractivity contribution in [1.29, 1.82) is 0 Å². The third-order valence-corrected chi connectivity index (χ3v) is 2.37. The number of nitrogen functional groups attached to an aromatic ring is 2. The molecule has 1 aliphatic rings. The van der Waals surface area contributed by atoms with Crippen LogP contribution in [-0.2, 0) is 0 Å². The first-order chi connectivity index (χ1) is 7.09. The Labute approximate surface area is 88.6 Å². The highest BCUT2D eigenvalue weighted by Crippen LogP contribution is 2.41. The average Bonchev–Trinajstić information content (AvgIpc) is 2.23. The average molecular weight is 209 g/mol. The minimum Gasteiger partial charge on any atom is -0.482 e. The van der Waals surface area contributed by atoms with E-state index in [0.717, 1.165) is 0 Å². The summed E-state index contributed by atoms with van der Waals surface area (Å²) in [5.74, 6) is 1.09. The van der Waals surface area contributed by atoms with E-state index >= 15 is 0 Å². The minimum atomic E-state index is -0.124. The quantitative estimate of drug-likeness (QED) is 0.659. The second kappa shape index (κ2) is 3.51. The molecule has 2 rings (SSSR count). The van der Waals surface area contributed by atoms with Gasteiger partial charge >= 0.3 is 0 Å². The van der Waals surface area contributed by atoms with Crippen LogP contribution in [0.4, 0.5) is 11.4 Å². The highest BCUT2D eigenvalue weighted by molar-refractivity contribution is 5.71. The van der Waals surface area contributed by atoms with Gasteiger partial charge < -0.3 is 20.9 Å². The second-order valence-electron chi connectivity index (χ2n) is 3.75. The number of fused-ring (bicyclic) bond motifs is 1. The van der Waals surface area contributed by atoms with Gasteiger partial charge in [-0.05, 0) is 26.2 Å². The summed E-state index contributed by atoms with van der Waals surface area (Å²) in [6.07, 6.45) is -0.124. The lowest BCUT2D eigenvalue weighted by Gasteiger charge is -2.31. The van der Waals surface area contributed by atoms with Gasteiger partial charge in [0.15, 0.2) is 17.7 Å². The minimum absolute atomic E-state index is 0.124. The Balaban J connectivity index is 2.36. The van der Waals surface area contributed by atoms with Gasteiger partial charge in [-0.1, -0.05) is 0 Å². The number of ether oxygens (including phenoxy) is 2. The summed E-state index contributed by atoms with van der Waals surface area (Å²) >= 11 is 0. The van der Waals surface area contributed by atoms with Crippen LogP contribution >= 0.6 is 0 Å². The Morgan fingerprint density at radius 1 is 1.20 bits per heavy atom. The number of likely N-dealkylation sites (N-methyl/N-ethyl adjacent to an activating group) is 1. The Morgan fingerprint density at radius 3 is 2.40 bits per heavy atom. The summed E-state index contributed by atoms with van der Waals surface area (Å²) < 4.78 is 11.2. The normalized spacial score (nSPS) is 19.3. The predicted octanol–water partition coefficient (Wildman–Crippen LogP) is 0.510. The van der Waals surface area contributed by atoms with Crippen molar-refractivity contribution >= 4 is 11.4 Å². The summed E-state index contributed by atoms with van der Waals surface area (Å²) in [6, 6.07) is 3.43. The third kappa shape index (κ3) is 1.66. The molecule has 1 atom stereocenters. The summed E-state index contributed by atoms with van der Waals surface area (Å²) in [7, 11) is 3.84. The van der Waals surface area contributed by atoms with Crippen LogP contribution in [-0.4, -0.2) is 31.8 Å². The van der Waals surface area contributed by atoms with Crippen LogP contribution in [0.2, 0.25) is 0 Å².